The number of rotatable bonds is 5. The number of ketones is 1. The molecule has 0 aliphatic heterocycles. The molecule has 0 atom stereocenters. The Bertz CT molecular complexity index is 584. The standard InChI is InChI=1S/C15H14FNO2/c1-2-6-19-14-5-3-4-11(8-14)15(18)12-7-13(16)10-17-9-12/h3-5,7-10H,2,6H2,1H3. The normalized spacial score (nSPS) is 10.2. The van der Waals surface area contributed by atoms with Crippen molar-refractivity contribution in [2.24, 2.45) is 0 Å². The number of carbonyl (C=O) groups excluding carboxylic acids is 1. The smallest absolute Gasteiger partial charge is 0.194 e. The third kappa shape index (κ3) is 3.37. The summed E-state index contributed by atoms with van der Waals surface area (Å²) in [6.07, 6.45) is 3.31. The SMILES string of the molecule is CCCOc1cccc(C(=O)c2cncc(F)c2)c1. The van der Waals surface area contributed by atoms with Crippen molar-refractivity contribution in [3.8, 4) is 5.75 Å². The second kappa shape index (κ2) is 6.09. The van der Waals surface area contributed by atoms with Gasteiger partial charge < -0.3 is 4.74 Å². The Balaban J connectivity index is 2.24. The molecule has 98 valence electrons. The van der Waals surface area contributed by atoms with E-state index in [1.807, 2.05) is 6.92 Å². The molecule has 4 heteroatoms. The number of halogens is 1. The average Bonchev–Trinajstić information content (AvgIpc) is 2.44. The van der Waals surface area contributed by atoms with Crippen LogP contribution in [0.25, 0.3) is 0 Å². The highest BCUT2D eigenvalue weighted by molar-refractivity contribution is 6.08. The molecule has 0 radical (unpaired) electrons. The first kappa shape index (κ1) is 13.2. The predicted molar refractivity (Wildman–Crippen MR) is 69.9 cm³/mol. The molecular weight excluding hydrogens is 245 g/mol. The number of carbonyl (C=O) groups is 1. The zero-order valence-corrected chi connectivity index (χ0v) is 10.6. The number of ether oxygens (including phenoxy) is 1. The number of benzene rings is 1. The summed E-state index contributed by atoms with van der Waals surface area (Å²) in [4.78, 5) is 15.8. The molecule has 3 nitrogen and oxygen atoms in total. The van der Waals surface area contributed by atoms with Crippen molar-refractivity contribution >= 4 is 5.78 Å². The summed E-state index contributed by atoms with van der Waals surface area (Å²) in [6.45, 7) is 2.60. The summed E-state index contributed by atoms with van der Waals surface area (Å²) in [6, 6.07) is 8.03. The van der Waals surface area contributed by atoms with Gasteiger partial charge in [-0.1, -0.05) is 19.1 Å². The van der Waals surface area contributed by atoms with Crippen LogP contribution in [-0.2, 0) is 0 Å². The van der Waals surface area contributed by atoms with E-state index in [0.717, 1.165) is 12.6 Å². The molecule has 19 heavy (non-hydrogen) atoms. The molecule has 1 heterocycles. The van der Waals surface area contributed by atoms with Gasteiger partial charge in [0.15, 0.2) is 5.78 Å². The minimum Gasteiger partial charge on any atom is -0.494 e. The van der Waals surface area contributed by atoms with Gasteiger partial charge >= 0.3 is 0 Å². The second-order valence-electron chi connectivity index (χ2n) is 4.10. The lowest BCUT2D eigenvalue weighted by atomic mass is 10.0. The van der Waals surface area contributed by atoms with Crippen molar-refractivity contribution in [2.45, 2.75) is 13.3 Å². The highest BCUT2D eigenvalue weighted by Gasteiger charge is 2.11. The Kier molecular flexibility index (Phi) is 4.23. The molecule has 0 amide bonds. The molecule has 0 fully saturated rings. The Morgan fingerprint density at radius 2 is 2.11 bits per heavy atom. The van der Waals surface area contributed by atoms with Crippen molar-refractivity contribution in [3.63, 3.8) is 0 Å². The fourth-order valence-electron chi connectivity index (χ4n) is 1.65. The molecule has 2 aromatic rings. The lowest BCUT2D eigenvalue weighted by Gasteiger charge is -2.06. The van der Waals surface area contributed by atoms with Crippen molar-refractivity contribution in [1.29, 1.82) is 0 Å². The van der Waals surface area contributed by atoms with Gasteiger partial charge in [0.05, 0.1) is 12.8 Å². The minimum atomic E-state index is -0.524. The van der Waals surface area contributed by atoms with Crippen LogP contribution in [-0.4, -0.2) is 17.4 Å². The molecule has 0 bridgehead atoms. The van der Waals surface area contributed by atoms with Crippen molar-refractivity contribution < 1.29 is 13.9 Å². The Hall–Kier alpha value is -2.23. The fraction of sp³-hybridized carbons (Fsp3) is 0.200. The number of hydrogen-bond acceptors (Lipinski definition) is 3. The molecule has 0 N–H and O–H groups in total. The van der Waals surface area contributed by atoms with Gasteiger partial charge in [-0.3, -0.25) is 9.78 Å². The summed E-state index contributed by atoms with van der Waals surface area (Å²) < 4.78 is 18.5. The average molecular weight is 259 g/mol. The fourth-order valence-corrected chi connectivity index (χ4v) is 1.65. The predicted octanol–water partition coefficient (Wildman–Crippen LogP) is 3.24. The summed E-state index contributed by atoms with van der Waals surface area (Å²) in [5, 5.41) is 0. The van der Waals surface area contributed by atoms with Crippen molar-refractivity contribution in [1.82, 2.24) is 4.98 Å². The van der Waals surface area contributed by atoms with E-state index in [1.165, 1.54) is 12.3 Å². The topological polar surface area (TPSA) is 39.2 Å². The van der Waals surface area contributed by atoms with E-state index in [9.17, 15) is 9.18 Å². The summed E-state index contributed by atoms with van der Waals surface area (Å²) in [5.74, 6) is -0.157. The Labute approximate surface area is 111 Å². The molecular formula is C15H14FNO2. The third-order valence-electron chi connectivity index (χ3n) is 2.54. The van der Waals surface area contributed by atoms with Crippen LogP contribution in [0.5, 0.6) is 5.75 Å². The third-order valence-corrected chi connectivity index (χ3v) is 2.54. The van der Waals surface area contributed by atoms with E-state index in [-0.39, 0.29) is 11.3 Å². The van der Waals surface area contributed by atoms with E-state index in [4.69, 9.17) is 4.74 Å². The first-order valence-electron chi connectivity index (χ1n) is 6.09. The highest BCUT2D eigenvalue weighted by atomic mass is 19.1. The molecule has 0 aliphatic carbocycles. The molecule has 2 rings (SSSR count). The molecule has 0 saturated carbocycles. The zero-order chi connectivity index (χ0) is 13.7. The maximum atomic E-state index is 13.0. The largest absolute Gasteiger partial charge is 0.494 e. The Morgan fingerprint density at radius 3 is 2.84 bits per heavy atom. The van der Waals surface area contributed by atoms with Crippen molar-refractivity contribution in [2.75, 3.05) is 6.61 Å². The maximum Gasteiger partial charge on any atom is 0.194 e. The molecule has 0 unspecified atom stereocenters. The van der Waals surface area contributed by atoms with Gasteiger partial charge in [0.1, 0.15) is 11.6 Å². The second-order valence-corrected chi connectivity index (χ2v) is 4.10. The lowest BCUT2D eigenvalue weighted by molar-refractivity contribution is 0.103. The lowest BCUT2D eigenvalue weighted by Crippen LogP contribution is -2.03. The summed E-state index contributed by atoms with van der Waals surface area (Å²) in [7, 11) is 0. The summed E-state index contributed by atoms with van der Waals surface area (Å²) in [5.41, 5.74) is 0.689. The summed E-state index contributed by atoms with van der Waals surface area (Å²) >= 11 is 0. The molecule has 1 aromatic carbocycles. The Morgan fingerprint density at radius 1 is 1.26 bits per heavy atom. The van der Waals surface area contributed by atoms with E-state index in [2.05, 4.69) is 4.98 Å². The van der Waals surface area contributed by atoms with E-state index in [1.54, 1.807) is 24.3 Å². The van der Waals surface area contributed by atoms with Crippen LogP contribution in [0.3, 0.4) is 0 Å². The van der Waals surface area contributed by atoms with Crippen LogP contribution in [0.2, 0.25) is 0 Å². The van der Waals surface area contributed by atoms with Gasteiger partial charge in [-0.15, -0.1) is 0 Å². The van der Waals surface area contributed by atoms with Gasteiger partial charge in [-0.2, -0.15) is 0 Å². The maximum absolute atomic E-state index is 13.0. The monoisotopic (exact) mass is 259 g/mol. The quantitative estimate of drug-likeness (QED) is 0.774. The van der Waals surface area contributed by atoms with Crippen LogP contribution >= 0.6 is 0 Å². The minimum absolute atomic E-state index is 0.229. The number of nitrogens with zero attached hydrogens (tertiary/aromatic N) is 1. The van der Waals surface area contributed by atoms with Gasteiger partial charge in [0.25, 0.3) is 0 Å². The number of aromatic nitrogens is 1. The van der Waals surface area contributed by atoms with E-state index >= 15 is 0 Å². The van der Waals surface area contributed by atoms with Crippen LogP contribution in [0, 0.1) is 5.82 Å². The first-order valence-corrected chi connectivity index (χ1v) is 6.09. The van der Waals surface area contributed by atoms with Crippen LogP contribution in [0.15, 0.2) is 42.7 Å². The number of hydrogen-bond donors (Lipinski definition) is 0. The van der Waals surface area contributed by atoms with Crippen LogP contribution in [0.4, 0.5) is 4.39 Å². The molecule has 0 aliphatic rings. The van der Waals surface area contributed by atoms with Gasteiger partial charge in [0, 0.05) is 17.3 Å². The first-order chi connectivity index (χ1) is 9.20. The molecule has 1 aromatic heterocycles. The van der Waals surface area contributed by atoms with Gasteiger partial charge in [-0.25, -0.2) is 4.39 Å². The zero-order valence-electron chi connectivity index (χ0n) is 10.6. The van der Waals surface area contributed by atoms with Crippen LogP contribution in [0.1, 0.15) is 29.3 Å². The van der Waals surface area contributed by atoms with Gasteiger partial charge in [0.2, 0.25) is 0 Å². The van der Waals surface area contributed by atoms with Gasteiger partial charge in [-0.05, 0) is 24.6 Å². The van der Waals surface area contributed by atoms with Crippen LogP contribution < -0.4 is 4.74 Å². The van der Waals surface area contributed by atoms with E-state index < -0.39 is 5.82 Å². The van der Waals surface area contributed by atoms with E-state index in [0.29, 0.717) is 17.9 Å². The number of pyridine rings is 1. The highest BCUT2D eigenvalue weighted by Crippen LogP contribution is 2.17. The molecule has 0 saturated heterocycles. The molecule has 0 spiro atoms. The van der Waals surface area contributed by atoms with Crippen molar-refractivity contribution in [3.05, 3.63) is 59.7 Å².